The molecular weight excluding hydrogens is 342 g/mol. The summed E-state index contributed by atoms with van der Waals surface area (Å²) < 4.78 is 6.94. The first-order valence-corrected chi connectivity index (χ1v) is 9.99. The summed E-state index contributed by atoms with van der Waals surface area (Å²) in [5.41, 5.74) is 2.71. The van der Waals surface area contributed by atoms with Gasteiger partial charge in [0.1, 0.15) is 0 Å². The lowest BCUT2D eigenvalue weighted by Crippen LogP contribution is -2.60. The molecule has 1 amide bonds. The first kappa shape index (κ1) is 18.3. The van der Waals surface area contributed by atoms with Crippen molar-refractivity contribution < 1.29 is 14.3 Å². The molecule has 6 heteroatoms. The van der Waals surface area contributed by atoms with Crippen molar-refractivity contribution >= 4 is 18.0 Å². The molecule has 0 radical (unpaired) electrons. The number of nitrogens with one attached hydrogen (secondary N) is 1. The second-order valence-corrected chi connectivity index (χ2v) is 8.90. The molecule has 6 nitrogen and oxygen atoms in total. The van der Waals surface area contributed by atoms with Crippen LogP contribution in [-0.2, 0) is 21.4 Å². The molecule has 0 aromatic carbocycles. The van der Waals surface area contributed by atoms with Crippen molar-refractivity contribution in [3.63, 3.8) is 0 Å². The lowest BCUT2D eigenvalue weighted by molar-refractivity contribution is -0.145. The number of hydrogen-bond acceptors (Lipinski definition) is 4. The highest BCUT2D eigenvalue weighted by Gasteiger charge is 2.51. The maximum Gasteiger partial charge on any atom is 0.331 e. The van der Waals surface area contributed by atoms with Crippen molar-refractivity contribution in [2.45, 2.75) is 57.9 Å². The lowest BCUT2D eigenvalue weighted by Gasteiger charge is -2.56. The van der Waals surface area contributed by atoms with Crippen molar-refractivity contribution in [2.75, 3.05) is 6.61 Å². The van der Waals surface area contributed by atoms with E-state index in [9.17, 15) is 9.59 Å². The van der Waals surface area contributed by atoms with Crippen LogP contribution in [0.5, 0.6) is 0 Å². The zero-order chi connectivity index (χ0) is 19.2. The van der Waals surface area contributed by atoms with Gasteiger partial charge in [-0.25, -0.2) is 4.79 Å². The Bertz CT molecular complexity index is 758. The van der Waals surface area contributed by atoms with E-state index >= 15 is 0 Å². The van der Waals surface area contributed by atoms with Crippen LogP contribution in [0.25, 0.3) is 6.08 Å². The van der Waals surface area contributed by atoms with Crippen LogP contribution in [-0.4, -0.2) is 33.8 Å². The average Bonchev–Trinajstić information content (AvgIpc) is 2.81. The summed E-state index contributed by atoms with van der Waals surface area (Å²) in [7, 11) is 1.87. The Morgan fingerprint density at radius 1 is 1.19 bits per heavy atom. The van der Waals surface area contributed by atoms with Gasteiger partial charge in [0.15, 0.2) is 6.61 Å². The van der Waals surface area contributed by atoms with E-state index < -0.39 is 5.97 Å². The van der Waals surface area contributed by atoms with Gasteiger partial charge >= 0.3 is 5.97 Å². The fourth-order valence-corrected chi connectivity index (χ4v) is 5.96. The fraction of sp³-hybridized carbons (Fsp3) is 0.667. The molecule has 4 saturated carbocycles. The third-order valence-electron chi connectivity index (χ3n) is 6.74. The third-order valence-corrected chi connectivity index (χ3v) is 6.74. The molecule has 1 heterocycles. The van der Waals surface area contributed by atoms with Crippen LogP contribution in [0.4, 0.5) is 0 Å². The Labute approximate surface area is 160 Å². The first-order valence-electron chi connectivity index (χ1n) is 9.99. The molecule has 1 aromatic heterocycles. The smallest absolute Gasteiger partial charge is 0.331 e. The molecule has 4 bridgehead atoms. The van der Waals surface area contributed by atoms with Crippen molar-refractivity contribution in [3.05, 3.63) is 23.0 Å². The number of esters is 1. The minimum absolute atomic E-state index is 0.0436. The molecule has 0 unspecified atom stereocenters. The van der Waals surface area contributed by atoms with Crippen molar-refractivity contribution in [1.82, 2.24) is 15.1 Å². The highest BCUT2D eigenvalue weighted by molar-refractivity contribution is 5.89. The summed E-state index contributed by atoms with van der Waals surface area (Å²) in [4.78, 5) is 24.4. The molecule has 1 N–H and O–H groups in total. The van der Waals surface area contributed by atoms with Gasteiger partial charge in [0.2, 0.25) is 0 Å². The minimum Gasteiger partial charge on any atom is -0.452 e. The molecule has 5 rings (SSSR count). The molecule has 1 aromatic rings. The largest absolute Gasteiger partial charge is 0.452 e. The molecule has 27 heavy (non-hydrogen) atoms. The highest BCUT2D eigenvalue weighted by atomic mass is 16.5. The number of hydrogen-bond donors (Lipinski definition) is 1. The van der Waals surface area contributed by atoms with Crippen LogP contribution in [0.3, 0.4) is 0 Å². The number of nitrogens with zero attached hydrogens (tertiary/aromatic N) is 2. The van der Waals surface area contributed by atoms with E-state index in [0.717, 1.165) is 54.0 Å². The average molecular weight is 371 g/mol. The Morgan fingerprint density at radius 3 is 2.30 bits per heavy atom. The molecule has 0 saturated heterocycles. The summed E-state index contributed by atoms with van der Waals surface area (Å²) in [6.07, 6.45) is 10.4. The second-order valence-electron chi connectivity index (χ2n) is 8.90. The monoisotopic (exact) mass is 371 g/mol. The van der Waals surface area contributed by atoms with Gasteiger partial charge in [-0.3, -0.25) is 9.48 Å². The molecule has 4 aliphatic carbocycles. The molecule has 0 aliphatic heterocycles. The Hall–Kier alpha value is -2.11. The van der Waals surface area contributed by atoms with Crippen LogP contribution in [0.15, 0.2) is 6.08 Å². The first-order chi connectivity index (χ1) is 12.8. The number of aromatic nitrogens is 2. The van der Waals surface area contributed by atoms with Gasteiger partial charge in [-0.2, -0.15) is 5.10 Å². The number of amides is 1. The molecule has 146 valence electrons. The fourth-order valence-electron chi connectivity index (χ4n) is 5.96. The Balaban J connectivity index is 1.29. The van der Waals surface area contributed by atoms with Crippen LogP contribution < -0.4 is 5.32 Å². The van der Waals surface area contributed by atoms with Gasteiger partial charge in [0.05, 0.1) is 5.69 Å². The molecule has 4 aliphatic rings. The summed E-state index contributed by atoms with van der Waals surface area (Å²) in [6.45, 7) is 3.64. The summed E-state index contributed by atoms with van der Waals surface area (Å²) >= 11 is 0. The molecule has 4 fully saturated rings. The Morgan fingerprint density at radius 2 is 1.78 bits per heavy atom. The summed E-state index contributed by atoms with van der Waals surface area (Å²) in [6, 6.07) is 0. The van der Waals surface area contributed by atoms with E-state index in [4.69, 9.17) is 4.74 Å². The topological polar surface area (TPSA) is 73.2 Å². The molecular formula is C21H29N3O3. The van der Waals surface area contributed by atoms with E-state index in [1.165, 1.54) is 25.3 Å². The van der Waals surface area contributed by atoms with E-state index in [1.54, 1.807) is 10.8 Å². The van der Waals surface area contributed by atoms with Gasteiger partial charge in [0.25, 0.3) is 5.91 Å². The van der Waals surface area contributed by atoms with E-state index in [0.29, 0.717) is 0 Å². The van der Waals surface area contributed by atoms with Gasteiger partial charge in [-0.1, -0.05) is 0 Å². The zero-order valence-electron chi connectivity index (χ0n) is 16.5. The Kier molecular flexibility index (Phi) is 4.60. The SMILES string of the molecule is Cc1nn(C)c(C)c1/C=C/C(=O)OCC(=O)NC12CC3CC(CC(C3)C1)C2. The van der Waals surface area contributed by atoms with Crippen molar-refractivity contribution in [1.29, 1.82) is 0 Å². The number of carbonyl (C=O) groups excluding carboxylic acids is 2. The predicted molar refractivity (Wildman–Crippen MR) is 102 cm³/mol. The van der Waals surface area contributed by atoms with Crippen LogP contribution in [0.1, 0.15) is 55.5 Å². The summed E-state index contributed by atoms with van der Waals surface area (Å²) in [5.74, 6) is 1.64. The number of aryl methyl sites for hydroxylation is 2. The quantitative estimate of drug-likeness (QED) is 0.638. The maximum atomic E-state index is 12.4. The van der Waals surface area contributed by atoms with Crippen molar-refractivity contribution in [3.8, 4) is 0 Å². The lowest BCUT2D eigenvalue weighted by atomic mass is 9.53. The van der Waals surface area contributed by atoms with Gasteiger partial charge < -0.3 is 10.1 Å². The summed E-state index contributed by atoms with van der Waals surface area (Å²) in [5, 5.41) is 7.54. The molecule has 0 spiro atoms. The van der Waals surface area contributed by atoms with E-state index in [-0.39, 0.29) is 18.1 Å². The van der Waals surface area contributed by atoms with Gasteiger partial charge in [0, 0.05) is 29.9 Å². The van der Waals surface area contributed by atoms with Gasteiger partial charge in [-0.15, -0.1) is 0 Å². The van der Waals surface area contributed by atoms with Crippen LogP contribution in [0.2, 0.25) is 0 Å². The maximum absolute atomic E-state index is 12.4. The van der Waals surface area contributed by atoms with Crippen LogP contribution >= 0.6 is 0 Å². The number of carbonyl (C=O) groups is 2. The zero-order valence-corrected chi connectivity index (χ0v) is 16.5. The molecule has 0 atom stereocenters. The van der Waals surface area contributed by atoms with Crippen LogP contribution in [0, 0.1) is 31.6 Å². The van der Waals surface area contributed by atoms with E-state index in [2.05, 4.69) is 10.4 Å². The van der Waals surface area contributed by atoms with Crippen molar-refractivity contribution in [2.24, 2.45) is 24.8 Å². The van der Waals surface area contributed by atoms with E-state index in [1.807, 2.05) is 20.9 Å². The predicted octanol–water partition coefficient (Wildman–Crippen LogP) is 2.68. The third kappa shape index (κ3) is 3.66. The number of ether oxygens (including phenoxy) is 1. The highest BCUT2D eigenvalue weighted by Crippen LogP contribution is 2.55. The normalized spacial score (nSPS) is 31.4. The van der Waals surface area contributed by atoms with Gasteiger partial charge in [-0.05, 0) is 76.2 Å². The number of rotatable bonds is 5. The second kappa shape index (κ2) is 6.80. The minimum atomic E-state index is -0.502. The standard InChI is InChI=1S/C21H29N3O3/c1-13-18(14(2)24(3)23-13)4-5-20(26)27-12-19(25)22-21-9-15-6-16(10-21)8-17(7-15)11-21/h4-5,15-17H,6-12H2,1-3H3,(H,22,25)/b5-4+.